The van der Waals surface area contributed by atoms with Crippen LogP contribution in [0.2, 0.25) is 0 Å². The summed E-state index contributed by atoms with van der Waals surface area (Å²) in [7, 11) is 0. The molecule has 0 aliphatic heterocycles. The molecule has 10 rings (SSSR count). The summed E-state index contributed by atoms with van der Waals surface area (Å²) in [6.07, 6.45) is 0. The fraction of sp³-hybridized carbons (Fsp3) is 0. The number of hydrogen-bond donors (Lipinski definition) is 0. The van der Waals surface area contributed by atoms with Gasteiger partial charge in [0.15, 0.2) is 5.58 Å². The predicted octanol–water partition coefficient (Wildman–Crippen LogP) is 13.1. The van der Waals surface area contributed by atoms with Gasteiger partial charge in [0.1, 0.15) is 16.9 Å². The molecule has 0 atom stereocenters. The normalized spacial score (nSPS) is 11.5. The molecular formula is C48H30N2O2. The minimum Gasteiger partial charge on any atom is -0.455 e. The third kappa shape index (κ3) is 5.17. The minimum absolute atomic E-state index is 0.589. The van der Waals surface area contributed by atoms with E-state index in [1.54, 1.807) is 0 Å². The van der Waals surface area contributed by atoms with Crippen molar-refractivity contribution in [1.82, 2.24) is 9.97 Å². The van der Waals surface area contributed by atoms with E-state index >= 15 is 0 Å². The Morgan fingerprint density at radius 2 is 0.904 bits per heavy atom. The summed E-state index contributed by atoms with van der Waals surface area (Å²) in [6, 6.07) is 62.7. The third-order valence-electron chi connectivity index (χ3n) is 9.70. The van der Waals surface area contributed by atoms with Crippen LogP contribution in [0.25, 0.3) is 100 Å². The van der Waals surface area contributed by atoms with Gasteiger partial charge in [-0.25, -0.2) is 9.97 Å². The molecule has 0 saturated carbocycles. The van der Waals surface area contributed by atoms with Crippen LogP contribution in [0.15, 0.2) is 191 Å². The van der Waals surface area contributed by atoms with Gasteiger partial charge in [-0.2, -0.15) is 0 Å². The Morgan fingerprint density at radius 1 is 0.365 bits per heavy atom. The first-order valence-corrected chi connectivity index (χ1v) is 17.4. The van der Waals surface area contributed by atoms with E-state index in [9.17, 15) is 0 Å². The maximum absolute atomic E-state index is 7.18. The van der Waals surface area contributed by atoms with Gasteiger partial charge in [-0.1, -0.05) is 127 Å². The molecule has 0 unspecified atom stereocenters. The van der Waals surface area contributed by atoms with Crippen LogP contribution in [-0.2, 0) is 0 Å². The maximum Gasteiger partial charge on any atom is 0.227 e. The molecule has 0 N–H and O–H groups in total. The standard InChI is InChI=1S/C48H30N2O2/c1-4-14-31(15-5-1)36-28-37(32-16-6-2-7-17-32)30-38(29-36)46-43(33-24-26-35(27-25-33)48-50-41-22-12-13-23-42(41)51-48)44-45(34-18-8-3-9-19-34)49-40-21-11-10-20-39(40)47(44)52-46/h1-30H. The highest BCUT2D eigenvalue weighted by atomic mass is 16.3. The van der Waals surface area contributed by atoms with Crippen molar-refractivity contribution in [3.05, 3.63) is 182 Å². The summed E-state index contributed by atoms with van der Waals surface area (Å²) < 4.78 is 13.3. The van der Waals surface area contributed by atoms with Crippen LogP contribution < -0.4 is 0 Å². The average Bonchev–Trinajstić information content (AvgIpc) is 3.85. The van der Waals surface area contributed by atoms with Crippen molar-refractivity contribution in [2.45, 2.75) is 0 Å². The Morgan fingerprint density at radius 3 is 1.56 bits per heavy atom. The van der Waals surface area contributed by atoms with Crippen molar-refractivity contribution in [3.8, 4) is 67.4 Å². The number of benzene rings is 7. The van der Waals surface area contributed by atoms with Gasteiger partial charge in [0.05, 0.1) is 16.6 Å². The molecule has 0 bridgehead atoms. The van der Waals surface area contributed by atoms with Crippen molar-refractivity contribution in [3.63, 3.8) is 0 Å². The van der Waals surface area contributed by atoms with Crippen LogP contribution in [0, 0.1) is 0 Å². The molecule has 52 heavy (non-hydrogen) atoms. The summed E-state index contributed by atoms with van der Waals surface area (Å²) in [4.78, 5) is 10.1. The van der Waals surface area contributed by atoms with E-state index in [-0.39, 0.29) is 0 Å². The molecule has 0 aliphatic carbocycles. The Hall–Kier alpha value is -7.04. The predicted molar refractivity (Wildman–Crippen MR) is 212 cm³/mol. The highest BCUT2D eigenvalue weighted by molar-refractivity contribution is 6.17. The van der Waals surface area contributed by atoms with Gasteiger partial charge in [0.25, 0.3) is 0 Å². The van der Waals surface area contributed by atoms with Crippen LogP contribution in [0.3, 0.4) is 0 Å². The molecule has 0 spiro atoms. The smallest absolute Gasteiger partial charge is 0.227 e. The lowest BCUT2D eigenvalue weighted by Gasteiger charge is -2.12. The van der Waals surface area contributed by atoms with E-state index in [2.05, 4.69) is 140 Å². The fourth-order valence-corrected chi connectivity index (χ4v) is 7.20. The molecule has 4 heteroatoms. The lowest BCUT2D eigenvalue weighted by Crippen LogP contribution is -1.90. The van der Waals surface area contributed by atoms with Gasteiger partial charge in [-0.3, -0.25) is 0 Å². The molecule has 0 radical (unpaired) electrons. The second-order valence-corrected chi connectivity index (χ2v) is 12.9. The van der Waals surface area contributed by atoms with Gasteiger partial charge in [0, 0.05) is 27.6 Å². The van der Waals surface area contributed by atoms with Gasteiger partial charge < -0.3 is 8.83 Å². The molecule has 3 heterocycles. The van der Waals surface area contributed by atoms with E-state index in [0.29, 0.717) is 5.89 Å². The van der Waals surface area contributed by atoms with Crippen molar-refractivity contribution < 1.29 is 8.83 Å². The zero-order valence-corrected chi connectivity index (χ0v) is 28.0. The number of hydrogen-bond acceptors (Lipinski definition) is 4. The molecule has 4 nitrogen and oxygen atoms in total. The number of pyridine rings is 1. The van der Waals surface area contributed by atoms with E-state index in [1.165, 1.54) is 0 Å². The first-order chi connectivity index (χ1) is 25.8. The van der Waals surface area contributed by atoms with Crippen LogP contribution in [0.5, 0.6) is 0 Å². The Kier molecular flexibility index (Phi) is 7.10. The SMILES string of the molecule is c1ccc(-c2cc(-c3ccccc3)cc(-c3oc4c(c(-c5ccccc5)nc5ccccc54)c3-c3ccc(-c4nc5ccccc5o4)cc3)c2)cc1. The van der Waals surface area contributed by atoms with Crippen LogP contribution in [-0.4, -0.2) is 9.97 Å². The number of para-hydroxylation sites is 3. The van der Waals surface area contributed by atoms with E-state index < -0.39 is 0 Å². The van der Waals surface area contributed by atoms with Crippen molar-refractivity contribution in [2.75, 3.05) is 0 Å². The highest BCUT2D eigenvalue weighted by Gasteiger charge is 2.25. The number of nitrogens with zero attached hydrogens (tertiary/aromatic N) is 2. The number of fused-ring (bicyclic) bond motifs is 4. The highest BCUT2D eigenvalue weighted by Crippen LogP contribution is 2.48. The van der Waals surface area contributed by atoms with Crippen molar-refractivity contribution in [1.29, 1.82) is 0 Å². The molecular weight excluding hydrogens is 637 g/mol. The fourth-order valence-electron chi connectivity index (χ4n) is 7.20. The van der Waals surface area contributed by atoms with E-state index in [4.69, 9.17) is 18.8 Å². The maximum atomic E-state index is 7.18. The van der Waals surface area contributed by atoms with Gasteiger partial charge in [-0.15, -0.1) is 0 Å². The Labute approximate surface area is 300 Å². The second-order valence-electron chi connectivity index (χ2n) is 12.9. The van der Waals surface area contributed by atoms with E-state index in [1.807, 2.05) is 42.5 Å². The largest absolute Gasteiger partial charge is 0.455 e. The summed E-state index contributed by atoms with van der Waals surface area (Å²) >= 11 is 0. The van der Waals surface area contributed by atoms with Gasteiger partial charge >= 0.3 is 0 Å². The van der Waals surface area contributed by atoms with Crippen LogP contribution in [0.4, 0.5) is 0 Å². The molecule has 0 fully saturated rings. The van der Waals surface area contributed by atoms with E-state index in [0.717, 1.165) is 94.5 Å². The zero-order valence-electron chi connectivity index (χ0n) is 28.0. The van der Waals surface area contributed by atoms with Crippen molar-refractivity contribution >= 4 is 33.0 Å². The number of rotatable bonds is 6. The Balaban J connectivity index is 1.27. The Bertz CT molecular complexity index is 2780. The van der Waals surface area contributed by atoms with Crippen molar-refractivity contribution in [2.24, 2.45) is 0 Å². The summed E-state index contributed by atoms with van der Waals surface area (Å²) in [5.41, 5.74) is 13.6. The van der Waals surface area contributed by atoms with Crippen LogP contribution >= 0.6 is 0 Å². The minimum atomic E-state index is 0.589. The lowest BCUT2D eigenvalue weighted by atomic mass is 9.91. The number of furan rings is 1. The first-order valence-electron chi connectivity index (χ1n) is 17.4. The molecule has 7 aromatic carbocycles. The summed E-state index contributed by atoms with van der Waals surface area (Å²) in [6.45, 7) is 0. The number of oxazole rings is 1. The summed E-state index contributed by atoms with van der Waals surface area (Å²) in [5, 5.41) is 1.94. The zero-order chi connectivity index (χ0) is 34.4. The average molecular weight is 667 g/mol. The quantitative estimate of drug-likeness (QED) is 0.177. The molecule has 0 aliphatic rings. The lowest BCUT2D eigenvalue weighted by molar-refractivity contribution is 0.620. The molecule has 10 aromatic rings. The molecule has 0 amide bonds. The van der Waals surface area contributed by atoms with Crippen LogP contribution in [0.1, 0.15) is 0 Å². The topological polar surface area (TPSA) is 52.1 Å². The molecule has 244 valence electrons. The third-order valence-corrected chi connectivity index (χ3v) is 9.70. The first kappa shape index (κ1) is 29.8. The monoisotopic (exact) mass is 666 g/mol. The molecule has 3 aromatic heterocycles. The van der Waals surface area contributed by atoms with Gasteiger partial charge in [-0.05, 0) is 82.4 Å². The number of aromatic nitrogens is 2. The second kappa shape index (κ2) is 12.4. The van der Waals surface area contributed by atoms with Gasteiger partial charge in [0.2, 0.25) is 5.89 Å². The molecule has 0 saturated heterocycles. The summed E-state index contributed by atoms with van der Waals surface area (Å²) in [5.74, 6) is 1.38.